The van der Waals surface area contributed by atoms with Gasteiger partial charge in [0.25, 0.3) is 5.91 Å². The number of fused-ring (bicyclic) bond motifs is 1. The van der Waals surface area contributed by atoms with E-state index in [-0.39, 0.29) is 17.8 Å². The van der Waals surface area contributed by atoms with E-state index in [0.29, 0.717) is 32.1 Å². The maximum Gasteiger partial charge on any atom is 0.272 e. The Morgan fingerprint density at radius 2 is 2.12 bits per heavy atom. The number of rotatable bonds is 4. The van der Waals surface area contributed by atoms with Crippen LogP contribution in [0.15, 0.2) is 24.3 Å². The summed E-state index contributed by atoms with van der Waals surface area (Å²) in [4.78, 5) is 12.6. The number of benzene rings is 1. The molecular formula is C18H20FN3O3. The summed E-state index contributed by atoms with van der Waals surface area (Å²) in [5, 5.41) is 7.40. The lowest BCUT2D eigenvalue weighted by Gasteiger charge is -2.22. The SMILES string of the molecule is O=C(NCC1COCCO1)c1nn(-c2ccc(F)cc2)c2c1CCC2. The molecule has 0 radical (unpaired) electrons. The summed E-state index contributed by atoms with van der Waals surface area (Å²) in [6.07, 6.45) is 2.58. The van der Waals surface area contributed by atoms with E-state index >= 15 is 0 Å². The number of halogens is 1. The zero-order valence-electron chi connectivity index (χ0n) is 13.8. The van der Waals surface area contributed by atoms with Gasteiger partial charge in [0.2, 0.25) is 0 Å². The highest BCUT2D eigenvalue weighted by Crippen LogP contribution is 2.27. The topological polar surface area (TPSA) is 65.4 Å². The minimum Gasteiger partial charge on any atom is -0.376 e. The zero-order valence-corrected chi connectivity index (χ0v) is 13.8. The summed E-state index contributed by atoms with van der Waals surface area (Å²) >= 11 is 0. The second-order valence-electron chi connectivity index (χ2n) is 6.29. The molecule has 1 fully saturated rings. The lowest BCUT2D eigenvalue weighted by atomic mass is 10.2. The number of ether oxygens (including phenoxy) is 2. The first-order valence-electron chi connectivity index (χ1n) is 8.56. The minimum absolute atomic E-state index is 0.120. The van der Waals surface area contributed by atoms with Crippen LogP contribution in [0.3, 0.4) is 0 Å². The van der Waals surface area contributed by atoms with E-state index in [1.165, 1.54) is 12.1 Å². The van der Waals surface area contributed by atoms with Gasteiger partial charge in [0, 0.05) is 17.8 Å². The fourth-order valence-electron chi connectivity index (χ4n) is 3.36. The molecule has 0 saturated carbocycles. The predicted octanol–water partition coefficient (Wildman–Crippen LogP) is 1.65. The molecule has 0 bridgehead atoms. The predicted molar refractivity (Wildman–Crippen MR) is 88.4 cm³/mol. The number of aromatic nitrogens is 2. The van der Waals surface area contributed by atoms with Gasteiger partial charge in [-0.25, -0.2) is 9.07 Å². The van der Waals surface area contributed by atoms with Gasteiger partial charge in [-0.2, -0.15) is 5.10 Å². The van der Waals surface area contributed by atoms with Crippen molar-refractivity contribution in [2.24, 2.45) is 0 Å². The first-order chi connectivity index (χ1) is 12.2. The van der Waals surface area contributed by atoms with Gasteiger partial charge in [0.05, 0.1) is 31.6 Å². The molecule has 4 rings (SSSR count). The fourth-order valence-corrected chi connectivity index (χ4v) is 3.36. The number of hydrogen-bond acceptors (Lipinski definition) is 4. The standard InChI is InChI=1S/C18H20FN3O3/c19-12-4-6-13(7-5-12)22-16-3-1-2-15(16)17(21-22)18(23)20-10-14-11-24-8-9-25-14/h4-7,14H,1-3,8-11H2,(H,20,23). The largest absolute Gasteiger partial charge is 0.376 e. The number of carbonyl (C=O) groups is 1. The molecule has 7 heteroatoms. The van der Waals surface area contributed by atoms with E-state index in [9.17, 15) is 9.18 Å². The van der Waals surface area contributed by atoms with E-state index in [4.69, 9.17) is 9.47 Å². The Morgan fingerprint density at radius 1 is 1.28 bits per heavy atom. The Hall–Kier alpha value is -2.25. The van der Waals surface area contributed by atoms with Crippen molar-refractivity contribution >= 4 is 5.91 Å². The number of nitrogens with zero attached hydrogens (tertiary/aromatic N) is 2. The summed E-state index contributed by atoms with van der Waals surface area (Å²) in [5.74, 6) is -0.492. The maximum atomic E-state index is 13.2. The third-order valence-electron chi connectivity index (χ3n) is 4.59. The molecule has 132 valence electrons. The highest BCUT2D eigenvalue weighted by atomic mass is 19.1. The third kappa shape index (κ3) is 3.29. The Labute approximate surface area is 144 Å². The van der Waals surface area contributed by atoms with Crippen LogP contribution < -0.4 is 5.32 Å². The molecular weight excluding hydrogens is 325 g/mol. The molecule has 2 heterocycles. The van der Waals surface area contributed by atoms with Crippen molar-refractivity contribution in [3.05, 3.63) is 47.0 Å². The van der Waals surface area contributed by atoms with E-state index in [1.807, 2.05) is 0 Å². The van der Waals surface area contributed by atoms with Crippen LogP contribution in [0.1, 0.15) is 28.2 Å². The fraction of sp³-hybridized carbons (Fsp3) is 0.444. The van der Waals surface area contributed by atoms with Crippen LogP contribution in [-0.2, 0) is 22.3 Å². The Morgan fingerprint density at radius 3 is 2.88 bits per heavy atom. The first kappa shape index (κ1) is 16.2. The molecule has 1 saturated heterocycles. The molecule has 1 aliphatic carbocycles. The van der Waals surface area contributed by atoms with E-state index < -0.39 is 0 Å². The lowest BCUT2D eigenvalue weighted by molar-refractivity contribution is -0.0855. The average molecular weight is 345 g/mol. The van der Waals surface area contributed by atoms with E-state index in [1.54, 1.807) is 16.8 Å². The quantitative estimate of drug-likeness (QED) is 0.915. The van der Waals surface area contributed by atoms with Crippen molar-refractivity contribution < 1.29 is 18.7 Å². The smallest absolute Gasteiger partial charge is 0.272 e. The van der Waals surface area contributed by atoms with Gasteiger partial charge in [-0.05, 0) is 43.5 Å². The van der Waals surface area contributed by atoms with E-state index in [2.05, 4.69) is 10.4 Å². The van der Waals surface area contributed by atoms with Crippen LogP contribution in [0.5, 0.6) is 0 Å². The van der Waals surface area contributed by atoms with Gasteiger partial charge in [-0.15, -0.1) is 0 Å². The second kappa shape index (κ2) is 6.93. The second-order valence-corrected chi connectivity index (χ2v) is 6.29. The zero-order chi connectivity index (χ0) is 17.2. The highest BCUT2D eigenvalue weighted by molar-refractivity contribution is 5.94. The van der Waals surface area contributed by atoms with Crippen LogP contribution in [0.4, 0.5) is 4.39 Å². The molecule has 1 aromatic heterocycles. The first-order valence-corrected chi connectivity index (χ1v) is 8.56. The van der Waals surface area contributed by atoms with Gasteiger partial charge in [0.1, 0.15) is 5.82 Å². The number of carbonyl (C=O) groups excluding carboxylic acids is 1. The molecule has 1 unspecified atom stereocenters. The molecule has 2 aliphatic rings. The van der Waals surface area contributed by atoms with E-state index in [0.717, 1.165) is 36.2 Å². The van der Waals surface area contributed by atoms with Crippen LogP contribution in [0.25, 0.3) is 5.69 Å². The monoisotopic (exact) mass is 345 g/mol. The summed E-state index contributed by atoms with van der Waals surface area (Å²) in [7, 11) is 0. The molecule has 6 nitrogen and oxygen atoms in total. The molecule has 1 aromatic carbocycles. The Kier molecular flexibility index (Phi) is 4.50. The number of hydrogen-bond donors (Lipinski definition) is 1. The molecule has 2 aromatic rings. The van der Waals surface area contributed by atoms with Crippen LogP contribution in [-0.4, -0.2) is 48.2 Å². The van der Waals surface area contributed by atoms with Crippen molar-refractivity contribution in [2.45, 2.75) is 25.4 Å². The van der Waals surface area contributed by atoms with Gasteiger partial charge >= 0.3 is 0 Å². The minimum atomic E-state index is -0.291. The maximum absolute atomic E-state index is 13.2. The summed E-state index contributed by atoms with van der Waals surface area (Å²) in [5.41, 5.74) is 3.24. The normalized spacial score (nSPS) is 19.6. The number of amides is 1. The summed E-state index contributed by atoms with van der Waals surface area (Å²) < 4.78 is 25.8. The van der Waals surface area contributed by atoms with Crippen LogP contribution >= 0.6 is 0 Å². The van der Waals surface area contributed by atoms with Gasteiger partial charge in [-0.1, -0.05) is 0 Å². The van der Waals surface area contributed by atoms with Crippen molar-refractivity contribution in [3.63, 3.8) is 0 Å². The molecule has 25 heavy (non-hydrogen) atoms. The van der Waals surface area contributed by atoms with Crippen molar-refractivity contribution in [1.82, 2.24) is 15.1 Å². The van der Waals surface area contributed by atoms with Crippen molar-refractivity contribution in [2.75, 3.05) is 26.4 Å². The highest BCUT2D eigenvalue weighted by Gasteiger charge is 2.27. The molecule has 1 atom stereocenters. The summed E-state index contributed by atoms with van der Waals surface area (Å²) in [6.45, 7) is 2.04. The third-order valence-corrected chi connectivity index (χ3v) is 4.59. The van der Waals surface area contributed by atoms with Crippen molar-refractivity contribution in [1.29, 1.82) is 0 Å². The Balaban J connectivity index is 1.54. The van der Waals surface area contributed by atoms with Gasteiger partial charge in [0.15, 0.2) is 5.69 Å². The number of nitrogens with one attached hydrogen (secondary N) is 1. The molecule has 0 spiro atoms. The van der Waals surface area contributed by atoms with Crippen LogP contribution in [0, 0.1) is 5.82 Å². The molecule has 1 N–H and O–H groups in total. The molecule has 1 aliphatic heterocycles. The molecule has 1 amide bonds. The summed E-state index contributed by atoms with van der Waals surface area (Å²) in [6, 6.07) is 6.16. The Bertz CT molecular complexity index is 767. The average Bonchev–Trinajstić information content (AvgIpc) is 3.24. The van der Waals surface area contributed by atoms with Crippen molar-refractivity contribution in [3.8, 4) is 5.69 Å². The van der Waals surface area contributed by atoms with Gasteiger partial charge < -0.3 is 14.8 Å². The van der Waals surface area contributed by atoms with Gasteiger partial charge in [-0.3, -0.25) is 4.79 Å². The lowest BCUT2D eigenvalue weighted by Crippen LogP contribution is -2.40. The van der Waals surface area contributed by atoms with Crippen LogP contribution in [0.2, 0.25) is 0 Å².